The van der Waals surface area contributed by atoms with Crippen molar-refractivity contribution in [2.24, 2.45) is 0 Å². The van der Waals surface area contributed by atoms with E-state index < -0.39 is 11.7 Å². The van der Waals surface area contributed by atoms with E-state index in [-0.39, 0.29) is 11.9 Å². The minimum absolute atomic E-state index is 0.0227. The molecule has 1 fully saturated rings. The van der Waals surface area contributed by atoms with Gasteiger partial charge in [-0.2, -0.15) is 5.26 Å². The van der Waals surface area contributed by atoms with Crippen molar-refractivity contribution in [2.45, 2.75) is 45.3 Å². The van der Waals surface area contributed by atoms with Crippen LogP contribution in [0.15, 0.2) is 66.7 Å². The summed E-state index contributed by atoms with van der Waals surface area (Å²) in [5, 5.41) is 12.2. The molecule has 1 N–H and O–H groups in total. The fraction of sp³-hybridized carbons (Fsp3) is 0.290. The monoisotopic (exact) mass is 523 g/mol. The zero-order chi connectivity index (χ0) is 27.6. The first-order valence-corrected chi connectivity index (χ1v) is 13.0. The van der Waals surface area contributed by atoms with Gasteiger partial charge in [-0.25, -0.2) is 19.2 Å². The molecule has 0 saturated carbocycles. The van der Waals surface area contributed by atoms with Crippen LogP contribution >= 0.6 is 0 Å². The number of nitrogens with one attached hydrogen (secondary N) is 1. The summed E-state index contributed by atoms with van der Waals surface area (Å²) in [5.74, 6) is -0.321. The van der Waals surface area contributed by atoms with Gasteiger partial charge in [0, 0.05) is 35.9 Å². The molecule has 198 valence electrons. The number of halogens is 1. The topological polar surface area (TPSA) is 91.1 Å². The maximum Gasteiger partial charge on any atom is 0.407 e. The molecule has 0 aliphatic carbocycles. The zero-order valence-corrected chi connectivity index (χ0v) is 22.2. The second-order valence-corrected chi connectivity index (χ2v) is 10.7. The van der Waals surface area contributed by atoms with E-state index in [2.05, 4.69) is 16.3 Å². The predicted molar refractivity (Wildman–Crippen MR) is 150 cm³/mol. The predicted octanol–water partition coefficient (Wildman–Crippen LogP) is 6.47. The molecule has 1 aliphatic rings. The molecule has 0 unspecified atom stereocenters. The molecule has 0 bridgehead atoms. The van der Waals surface area contributed by atoms with Crippen LogP contribution in [0.1, 0.15) is 39.2 Å². The van der Waals surface area contributed by atoms with Crippen LogP contribution in [0.3, 0.4) is 0 Å². The molecule has 1 aliphatic heterocycles. The Morgan fingerprint density at radius 3 is 2.28 bits per heavy atom. The van der Waals surface area contributed by atoms with E-state index >= 15 is 0 Å². The number of aromatic nitrogens is 2. The first kappa shape index (κ1) is 26.1. The quantitative estimate of drug-likeness (QED) is 0.330. The Morgan fingerprint density at radius 1 is 1.00 bits per heavy atom. The van der Waals surface area contributed by atoms with Crippen molar-refractivity contribution in [1.82, 2.24) is 15.3 Å². The van der Waals surface area contributed by atoms with Crippen LogP contribution in [0.5, 0.6) is 0 Å². The Kier molecular flexibility index (Phi) is 7.16. The molecular formula is C31H30FN5O2. The van der Waals surface area contributed by atoms with Crippen molar-refractivity contribution in [3.8, 4) is 28.6 Å². The van der Waals surface area contributed by atoms with Gasteiger partial charge in [0.2, 0.25) is 0 Å². The van der Waals surface area contributed by atoms with Crippen molar-refractivity contribution < 1.29 is 13.9 Å². The number of piperidine rings is 1. The Bertz CT molecular complexity index is 1540. The highest BCUT2D eigenvalue weighted by Gasteiger charge is 2.25. The molecule has 1 amide bonds. The molecular weight excluding hydrogens is 493 g/mol. The fourth-order valence-electron chi connectivity index (χ4n) is 4.76. The SMILES string of the molecule is CC(C)(C)OC(=O)N[C@H]1CCCN(c2ccc3nc(-c4ccc(F)cc4)c(-c4ccc(C#N)cc4)nc3c2)C1. The van der Waals surface area contributed by atoms with Gasteiger partial charge >= 0.3 is 6.09 Å². The number of nitriles is 1. The largest absolute Gasteiger partial charge is 0.444 e. The summed E-state index contributed by atoms with van der Waals surface area (Å²) in [6.45, 7) is 7.08. The normalized spacial score (nSPS) is 15.6. The number of carbonyl (C=O) groups excluding carboxylic acids is 1. The van der Waals surface area contributed by atoms with E-state index in [1.54, 1.807) is 24.3 Å². The van der Waals surface area contributed by atoms with Gasteiger partial charge in [-0.3, -0.25) is 0 Å². The number of amides is 1. The van der Waals surface area contributed by atoms with Crippen molar-refractivity contribution in [2.75, 3.05) is 18.0 Å². The number of alkyl carbamates (subject to hydrolysis) is 1. The smallest absolute Gasteiger partial charge is 0.407 e. The fourth-order valence-corrected chi connectivity index (χ4v) is 4.76. The summed E-state index contributed by atoms with van der Waals surface area (Å²) in [6, 6.07) is 21.5. The lowest BCUT2D eigenvalue weighted by atomic mass is 10.0. The molecule has 8 heteroatoms. The van der Waals surface area contributed by atoms with Crippen molar-refractivity contribution in [3.05, 3.63) is 78.1 Å². The highest BCUT2D eigenvalue weighted by Crippen LogP contribution is 2.33. The molecule has 1 atom stereocenters. The highest BCUT2D eigenvalue weighted by atomic mass is 19.1. The molecule has 2 heterocycles. The number of fused-ring (bicyclic) bond motifs is 1. The third kappa shape index (κ3) is 6.15. The Labute approximate surface area is 227 Å². The van der Waals surface area contributed by atoms with Gasteiger partial charge in [-0.1, -0.05) is 12.1 Å². The third-order valence-electron chi connectivity index (χ3n) is 6.56. The highest BCUT2D eigenvalue weighted by molar-refractivity contribution is 5.88. The lowest BCUT2D eigenvalue weighted by Gasteiger charge is -2.35. The summed E-state index contributed by atoms with van der Waals surface area (Å²) in [5.41, 5.74) is 5.29. The summed E-state index contributed by atoms with van der Waals surface area (Å²) >= 11 is 0. The van der Waals surface area contributed by atoms with Crippen LogP contribution < -0.4 is 10.2 Å². The van der Waals surface area contributed by atoms with Crippen LogP contribution in [-0.2, 0) is 4.74 Å². The molecule has 3 aromatic carbocycles. The average molecular weight is 524 g/mol. The standard InChI is InChI=1S/C31H30FN5O2/c1-31(2,3)39-30(38)34-24-5-4-16-37(19-24)25-14-15-26-27(17-25)36-29(21-8-6-20(18-33)7-9-21)28(35-26)22-10-12-23(32)13-11-22/h6-15,17,24H,4-5,16,19H2,1-3H3,(H,34,38)/t24-/m0/s1. The summed E-state index contributed by atoms with van der Waals surface area (Å²) < 4.78 is 19.1. The Morgan fingerprint density at radius 2 is 1.64 bits per heavy atom. The molecule has 1 saturated heterocycles. The first-order chi connectivity index (χ1) is 18.7. The maximum atomic E-state index is 13.7. The lowest BCUT2D eigenvalue weighted by Crippen LogP contribution is -2.49. The van der Waals surface area contributed by atoms with Gasteiger partial charge in [0.1, 0.15) is 11.4 Å². The zero-order valence-electron chi connectivity index (χ0n) is 22.2. The van der Waals surface area contributed by atoms with E-state index in [0.29, 0.717) is 23.5 Å². The molecule has 0 spiro atoms. The van der Waals surface area contributed by atoms with Crippen LogP contribution in [0, 0.1) is 17.1 Å². The van der Waals surface area contributed by atoms with Crippen LogP contribution in [0.25, 0.3) is 33.5 Å². The van der Waals surface area contributed by atoms with Crippen molar-refractivity contribution in [1.29, 1.82) is 5.26 Å². The second kappa shape index (κ2) is 10.7. The van der Waals surface area contributed by atoms with Gasteiger partial charge < -0.3 is 15.0 Å². The maximum absolute atomic E-state index is 13.7. The molecule has 7 nitrogen and oxygen atoms in total. The number of anilines is 1. The van der Waals surface area contributed by atoms with E-state index in [1.165, 1.54) is 12.1 Å². The first-order valence-electron chi connectivity index (χ1n) is 13.0. The molecule has 39 heavy (non-hydrogen) atoms. The van der Waals surface area contributed by atoms with E-state index in [4.69, 9.17) is 14.7 Å². The van der Waals surface area contributed by atoms with Gasteiger partial charge in [0.05, 0.1) is 34.1 Å². The summed E-state index contributed by atoms with van der Waals surface area (Å²) in [6.07, 6.45) is 1.41. The Balaban J connectivity index is 1.48. The summed E-state index contributed by atoms with van der Waals surface area (Å²) in [4.78, 5) is 24.5. The Hall–Kier alpha value is -4.51. The number of hydrogen-bond donors (Lipinski definition) is 1. The number of benzene rings is 3. The van der Waals surface area contributed by atoms with Gasteiger partial charge in [0.15, 0.2) is 0 Å². The average Bonchev–Trinajstić information content (AvgIpc) is 2.91. The van der Waals surface area contributed by atoms with Gasteiger partial charge in [0.25, 0.3) is 0 Å². The van der Waals surface area contributed by atoms with E-state index in [0.717, 1.165) is 47.2 Å². The number of rotatable bonds is 4. The lowest BCUT2D eigenvalue weighted by molar-refractivity contribution is 0.0500. The number of nitrogens with zero attached hydrogens (tertiary/aromatic N) is 4. The number of carbonyl (C=O) groups is 1. The van der Waals surface area contributed by atoms with E-state index in [9.17, 15) is 14.4 Å². The van der Waals surface area contributed by atoms with Crippen molar-refractivity contribution >= 4 is 22.8 Å². The minimum atomic E-state index is -0.547. The number of ether oxygens (including phenoxy) is 1. The molecule has 1 aromatic heterocycles. The third-order valence-corrected chi connectivity index (χ3v) is 6.56. The number of hydrogen-bond acceptors (Lipinski definition) is 6. The van der Waals surface area contributed by atoms with Crippen LogP contribution in [0.2, 0.25) is 0 Å². The van der Waals surface area contributed by atoms with Gasteiger partial charge in [-0.05, 0) is 88.2 Å². The summed E-state index contributed by atoms with van der Waals surface area (Å²) in [7, 11) is 0. The second-order valence-electron chi connectivity index (χ2n) is 10.7. The van der Waals surface area contributed by atoms with Crippen molar-refractivity contribution in [3.63, 3.8) is 0 Å². The minimum Gasteiger partial charge on any atom is -0.444 e. The molecule has 0 radical (unpaired) electrons. The van der Waals surface area contributed by atoms with Gasteiger partial charge in [-0.15, -0.1) is 0 Å². The van der Waals surface area contributed by atoms with Crippen LogP contribution in [-0.4, -0.2) is 40.8 Å². The van der Waals surface area contributed by atoms with E-state index in [1.807, 2.05) is 51.1 Å². The molecule has 4 aromatic rings. The molecule has 5 rings (SSSR count). The van der Waals surface area contributed by atoms with Crippen LogP contribution in [0.4, 0.5) is 14.9 Å².